The van der Waals surface area contributed by atoms with Gasteiger partial charge in [-0.1, -0.05) is 18.2 Å². The molecule has 1 aromatic carbocycles. The summed E-state index contributed by atoms with van der Waals surface area (Å²) >= 11 is 0. The third kappa shape index (κ3) is 3.55. The molecule has 3 N–H and O–H groups in total. The Morgan fingerprint density at radius 1 is 1.42 bits per heavy atom. The van der Waals surface area contributed by atoms with Gasteiger partial charge in [0.2, 0.25) is 0 Å². The van der Waals surface area contributed by atoms with Gasteiger partial charge in [-0.2, -0.15) is 0 Å². The van der Waals surface area contributed by atoms with Crippen molar-refractivity contribution in [3.05, 3.63) is 36.0 Å². The molecular formula is C15H21FN2O. The predicted molar refractivity (Wildman–Crippen MR) is 76.1 cm³/mol. The smallest absolute Gasteiger partial charge is 0.143 e. The fraction of sp³-hybridized carbons (Fsp3) is 0.467. The van der Waals surface area contributed by atoms with Crippen LogP contribution < -0.4 is 5.32 Å². The van der Waals surface area contributed by atoms with Gasteiger partial charge in [0.15, 0.2) is 0 Å². The molecule has 0 radical (unpaired) electrons. The molecule has 0 saturated carbocycles. The average molecular weight is 264 g/mol. The van der Waals surface area contributed by atoms with Gasteiger partial charge in [0, 0.05) is 29.7 Å². The summed E-state index contributed by atoms with van der Waals surface area (Å²) in [4.78, 5) is 3.24. The number of benzene rings is 1. The third-order valence-electron chi connectivity index (χ3n) is 3.35. The lowest BCUT2D eigenvalue weighted by Gasteiger charge is -2.21. The van der Waals surface area contributed by atoms with Gasteiger partial charge in [0.1, 0.15) is 5.67 Å². The van der Waals surface area contributed by atoms with Crippen molar-refractivity contribution in [3.8, 4) is 0 Å². The van der Waals surface area contributed by atoms with Crippen LogP contribution in [0.1, 0.15) is 19.4 Å². The summed E-state index contributed by atoms with van der Waals surface area (Å²) in [6, 6.07) is 8.30. The number of aromatic nitrogens is 1. The highest BCUT2D eigenvalue weighted by atomic mass is 19.1. The molecule has 0 aliphatic heterocycles. The minimum absolute atomic E-state index is 0.154. The second kappa shape index (κ2) is 5.72. The second-order valence-corrected chi connectivity index (χ2v) is 5.42. The number of hydrogen-bond donors (Lipinski definition) is 3. The molecule has 0 fully saturated rings. The van der Waals surface area contributed by atoms with Gasteiger partial charge < -0.3 is 15.4 Å². The number of para-hydroxylation sites is 1. The predicted octanol–water partition coefficient (Wildman–Crippen LogP) is 2.41. The summed E-state index contributed by atoms with van der Waals surface area (Å²) in [5.41, 5.74) is 0.782. The van der Waals surface area contributed by atoms with Crippen LogP contribution in [-0.2, 0) is 6.42 Å². The van der Waals surface area contributed by atoms with Crippen LogP contribution in [0.2, 0.25) is 0 Å². The maximum absolute atomic E-state index is 13.6. The fourth-order valence-corrected chi connectivity index (χ4v) is 2.15. The Morgan fingerprint density at radius 2 is 2.16 bits per heavy atom. The summed E-state index contributed by atoms with van der Waals surface area (Å²) in [6.07, 6.45) is 2.83. The first kappa shape index (κ1) is 14.0. The molecule has 2 unspecified atom stereocenters. The number of aliphatic hydroxyl groups is 1. The van der Waals surface area contributed by atoms with Crippen molar-refractivity contribution in [3.63, 3.8) is 0 Å². The van der Waals surface area contributed by atoms with Gasteiger partial charge in [-0.15, -0.1) is 0 Å². The van der Waals surface area contributed by atoms with Crippen LogP contribution in [0.15, 0.2) is 30.5 Å². The van der Waals surface area contributed by atoms with E-state index in [9.17, 15) is 4.39 Å². The number of hydrogen-bond acceptors (Lipinski definition) is 2. The van der Waals surface area contributed by atoms with Crippen LogP contribution in [0.25, 0.3) is 10.9 Å². The molecule has 1 aromatic heterocycles. The van der Waals surface area contributed by atoms with Crippen molar-refractivity contribution < 1.29 is 9.50 Å². The molecule has 2 rings (SSSR count). The number of aliphatic hydroxyl groups excluding tert-OH is 1. The normalized spacial score (nSPS) is 16.4. The van der Waals surface area contributed by atoms with Gasteiger partial charge in [-0.25, -0.2) is 4.39 Å². The number of H-pyrrole nitrogens is 1. The number of fused-ring (bicyclic) bond motifs is 1. The molecule has 0 saturated heterocycles. The Balaban J connectivity index is 1.97. The molecule has 0 bridgehead atoms. The van der Waals surface area contributed by atoms with Crippen molar-refractivity contribution in [2.45, 2.75) is 32.0 Å². The molecule has 2 aromatic rings. The van der Waals surface area contributed by atoms with E-state index in [4.69, 9.17) is 5.11 Å². The highest BCUT2D eigenvalue weighted by Crippen LogP contribution is 2.19. The van der Waals surface area contributed by atoms with Crippen molar-refractivity contribution in [2.75, 3.05) is 13.2 Å². The van der Waals surface area contributed by atoms with E-state index in [0.717, 1.165) is 11.9 Å². The van der Waals surface area contributed by atoms with Crippen LogP contribution >= 0.6 is 0 Å². The van der Waals surface area contributed by atoms with E-state index in [1.807, 2.05) is 31.3 Å². The largest absolute Gasteiger partial charge is 0.393 e. The first-order valence-corrected chi connectivity index (χ1v) is 6.60. The molecule has 19 heavy (non-hydrogen) atoms. The number of halogens is 1. The van der Waals surface area contributed by atoms with Crippen LogP contribution in [0, 0.1) is 0 Å². The summed E-state index contributed by atoms with van der Waals surface area (Å²) < 4.78 is 13.6. The number of aromatic amines is 1. The molecule has 0 aliphatic carbocycles. The zero-order valence-corrected chi connectivity index (χ0v) is 11.4. The van der Waals surface area contributed by atoms with E-state index in [1.54, 1.807) is 0 Å². The Morgan fingerprint density at radius 3 is 2.89 bits per heavy atom. The Hall–Kier alpha value is -1.39. The van der Waals surface area contributed by atoms with E-state index in [-0.39, 0.29) is 12.6 Å². The topological polar surface area (TPSA) is 48.0 Å². The third-order valence-corrected chi connectivity index (χ3v) is 3.35. The quantitative estimate of drug-likeness (QED) is 0.750. The monoisotopic (exact) mass is 264 g/mol. The summed E-state index contributed by atoms with van der Waals surface area (Å²) in [5, 5.41) is 13.2. The summed E-state index contributed by atoms with van der Waals surface area (Å²) in [6.45, 7) is 3.13. The summed E-state index contributed by atoms with van der Waals surface area (Å²) in [7, 11) is 0. The van der Waals surface area contributed by atoms with Crippen molar-refractivity contribution in [1.82, 2.24) is 10.3 Å². The lowest BCUT2D eigenvalue weighted by atomic mass is 10.0. The van der Waals surface area contributed by atoms with Crippen LogP contribution in [-0.4, -0.2) is 35.0 Å². The Kier molecular flexibility index (Phi) is 4.22. The number of nitrogens with one attached hydrogen (secondary N) is 2. The Bertz CT molecular complexity index is 536. The van der Waals surface area contributed by atoms with Crippen molar-refractivity contribution in [1.29, 1.82) is 0 Å². The standard InChI is InChI=1S/C15H21FN2O/c1-11(18-9-15(2,16)10-19)7-12-8-17-14-6-4-3-5-13(12)14/h3-6,8,11,17-19H,7,9-10H2,1-2H3. The Labute approximate surface area is 112 Å². The van der Waals surface area contributed by atoms with Crippen LogP contribution in [0.5, 0.6) is 0 Å². The molecule has 2 atom stereocenters. The van der Waals surface area contributed by atoms with Gasteiger partial charge in [-0.3, -0.25) is 0 Å². The average Bonchev–Trinajstić information content (AvgIpc) is 2.80. The highest BCUT2D eigenvalue weighted by Gasteiger charge is 2.22. The minimum atomic E-state index is -1.56. The van der Waals surface area contributed by atoms with E-state index in [1.165, 1.54) is 17.9 Å². The highest BCUT2D eigenvalue weighted by molar-refractivity contribution is 5.83. The van der Waals surface area contributed by atoms with Gasteiger partial charge in [0.25, 0.3) is 0 Å². The van der Waals surface area contributed by atoms with E-state index < -0.39 is 12.3 Å². The van der Waals surface area contributed by atoms with E-state index in [0.29, 0.717) is 0 Å². The zero-order chi connectivity index (χ0) is 13.9. The van der Waals surface area contributed by atoms with Crippen molar-refractivity contribution in [2.24, 2.45) is 0 Å². The zero-order valence-electron chi connectivity index (χ0n) is 11.4. The minimum Gasteiger partial charge on any atom is -0.393 e. The second-order valence-electron chi connectivity index (χ2n) is 5.42. The fourth-order valence-electron chi connectivity index (χ4n) is 2.15. The lowest BCUT2D eigenvalue weighted by molar-refractivity contribution is 0.0849. The molecule has 1 heterocycles. The maximum Gasteiger partial charge on any atom is 0.143 e. The number of alkyl halides is 1. The van der Waals surface area contributed by atoms with Crippen LogP contribution in [0.3, 0.4) is 0 Å². The molecule has 3 nitrogen and oxygen atoms in total. The molecule has 0 spiro atoms. The maximum atomic E-state index is 13.6. The van der Waals surface area contributed by atoms with Crippen LogP contribution in [0.4, 0.5) is 4.39 Å². The SMILES string of the molecule is CC(Cc1c[nH]c2ccccc12)NCC(C)(F)CO. The van der Waals surface area contributed by atoms with Gasteiger partial charge >= 0.3 is 0 Å². The van der Waals surface area contributed by atoms with E-state index in [2.05, 4.69) is 16.4 Å². The number of rotatable bonds is 6. The van der Waals surface area contributed by atoms with Gasteiger partial charge in [-0.05, 0) is 31.9 Å². The van der Waals surface area contributed by atoms with Crippen molar-refractivity contribution >= 4 is 10.9 Å². The first-order valence-electron chi connectivity index (χ1n) is 6.60. The molecular weight excluding hydrogens is 243 g/mol. The van der Waals surface area contributed by atoms with Gasteiger partial charge in [0.05, 0.1) is 6.61 Å². The summed E-state index contributed by atoms with van der Waals surface area (Å²) in [5.74, 6) is 0. The molecule has 4 heteroatoms. The lowest BCUT2D eigenvalue weighted by Crippen LogP contribution is -2.41. The molecule has 104 valence electrons. The first-order chi connectivity index (χ1) is 9.02. The van der Waals surface area contributed by atoms with E-state index >= 15 is 0 Å². The molecule has 0 amide bonds. The molecule has 0 aliphatic rings.